The fourth-order valence-corrected chi connectivity index (χ4v) is 3.15. The van der Waals surface area contributed by atoms with Gasteiger partial charge in [0.2, 0.25) is 0 Å². The number of aromatic nitrogens is 1. The molecule has 6 heteroatoms. The van der Waals surface area contributed by atoms with Crippen LogP contribution in [0, 0.1) is 5.82 Å². The summed E-state index contributed by atoms with van der Waals surface area (Å²) in [5.74, 6) is -0.437. The standard InChI is InChI=1S/C17H14FNO3S/c1-10(17(20)21-2)16-13(15-8-19-9-23-15)7-14(22-16)11-3-5-12(18)6-4-11/h3-9,13,16H,1H2,2H3/t13?,16-/m1/s1. The summed E-state index contributed by atoms with van der Waals surface area (Å²) < 4.78 is 23.8. The van der Waals surface area contributed by atoms with Gasteiger partial charge in [0.1, 0.15) is 17.7 Å². The Hall–Kier alpha value is -2.47. The van der Waals surface area contributed by atoms with Gasteiger partial charge in [-0.1, -0.05) is 6.58 Å². The molecule has 0 saturated heterocycles. The number of methoxy groups -OCH3 is 1. The lowest BCUT2D eigenvalue weighted by atomic mass is 9.96. The predicted molar refractivity (Wildman–Crippen MR) is 85.3 cm³/mol. The number of rotatable bonds is 4. The molecule has 0 N–H and O–H groups in total. The zero-order chi connectivity index (χ0) is 16.4. The van der Waals surface area contributed by atoms with E-state index in [9.17, 15) is 9.18 Å². The van der Waals surface area contributed by atoms with Crippen molar-refractivity contribution in [1.29, 1.82) is 0 Å². The Morgan fingerprint density at radius 2 is 2.13 bits per heavy atom. The molecule has 118 valence electrons. The summed E-state index contributed by atoms with van der Waals surface area (Å²) in [6, 6.07) is 6.00. The zero-order valence-electron chi connectivity index (χ0n) is 12.4. The SMILES string of the molecule is C=C(C(=O)OC)[C@H]1OC(c2ccc(F)cc2)=CC1c1cncs1. The Morgan fingerprint density at radius 1 is 1.39 bits per heavy atom. The van der Waals surface area contributed by atoms with E-state index >= 15 is 0 Å². The number of hydrogen-bond donors (Lipinski definition) is 0. The highest BCUT2D eigenvalue weighted by molar-refractivity contribution is 7.09. The molecule has 0 spiro atoms. The number of esters is 1. The van der Waals surface area contributed by atoms with Gasteiger partial charge in [0, 0.05) is 16.6 Å². The lowest BCUT2D eigenvalue weighted by Crippen LogP contribution is -2.23. The monoisotopic (exact) mass is 331 g/mol. The summed E-state index contributed by atoms with van der Waals surface area (Å²) in [7, 11) is 1.30. The van der Waals surface area contributed by atoms with Crippen LogP contribution in [0.4, 0.5) is 4.39 Å². The van der Waals surface area contributed by atoms with Crippen LogP contribution in [0.2, 0.25) is 0 Å². The second-order valence-electron chi connectivity index (χ2n) is 5.02. The molecular formula is C17H14FNO3S. The van der Waals surface area contributed by atoms with E-state index in [1.165, 1.54) is 30.6 Å². The minimum atomic E-state index is -0.567. The molecule has 0 saturated carbocycles. The highest BCUT2D eigenvalue weighted by atomic mass is 32.1. The van der Waals surface area contributed by atoms with Crippen molar-refractivity contribution in [2.75, 3.05) is 7.11 Å². The van der Waals surface area contributed by atoms with Crippen LogP contribution in [0.5, 0.6) is 0 Å². The second kappa shape index (κ2) is 6.34. The van der Waals surface area contributed by atoms with Gasteiger partial charge < -0.3 is 9.47 Å². The summed E-state index contributed by atoms with van der Waals surface area (Å²) in [4.78, 5) is 16.8. The fourth-order valence-electron chi connectivity index (χ4n) is 2.43. The quantitative estimate of drug-likeness (QED) is 0.635. The minimum absolute atomic E-state index is 0.186. The number of hydrogen-bond acceptors (Lipinski definition) is 5. The summed E-state index contributed by atoms with van der Waals surface area (Å²) in [5, 5.41) is 0. The molecule has 23 heavy (non-hydrogen) atoms. The third-order valence-corrected chi connectivity index (χ3v) is 4.49. The van der Waals surface area contributed by atoms with Crippen LogP contribution in [0.25, 0.3) is 5.76 Å². The average molecular weight is 331 g/mol. The van der Waals surface area contributed by atoms with Gasteiger partial charge in [-0.3, -0.25) is 4.98 Å². The van der Waals surface area contributed by atoms with Crippen molar-refractivity contribution in [3.63, 3.8) is 0 Å². The van der Waals surface area contributed by atoms with Crippen LogP contribution in [-0.2, 0) is 14.3 Å². The molecule has 0 aliphatic carbocycles. The molecule has 1 aliphatic heterocycles. The third kappa shape index (κ3) is 3.03. The Morgan fingerprint density at radius 3 is 2.74 bits per heavy atom. The van der Waals surface area contributed by atoms with E-state index in [4.69, 9.17) is 9.47 Å². The van der Waals surface area contributed by atoms with Crippen LogP contribution in [0.3, 0.4) is 0 Å². The zero-order valence-corrected chi connectivity index (χ0v) is 13.2. The molecule has 4 nitrogen and oxygen atoms in total. The summed E-state index contributed by atoms with van der Waals surface area (Å²) in [6.07, 6.45) is 3.07. The van der Waals surface area contributed by atoms with Crippen LogP contribution in [-0.4, -0.2) is 24.2 Å². The highest BCUT2D eigenvalue weighted by Crippen LogP contribution is 2.40. The molecule has 2 aromatic rings. The van der Waals surface area contributed by atoms with Crippen LogP contribution in [0.1, 0.15) is 16.4 Å². The second-order valence-corrected chi connectivity index (χ2v) is 5.94. The molecule has 1 aliphatic rings. The van der Waals surface area contributed by atoms with E-state index in [0.29, 0.717) is 5.76 Å². The number of carbonyl (C=O) groups is 1. The van der Waals surface area contributed by atoms with E-state index in [-0.39, 0.29) is 17.3 Å². The summed E-state index contributed by atoms with van der Waals surface area (Å²) >= 11 is 1.47. The smallest absolute Gasteiger partial charge is 0.336 e. The Kier molecular flexibility index (Phi) is 4.25. The van der Waals surface area contributed by atoms with Crippen molar-refractivity contribution in [2.24, 2.45) is 0 Å². The molecule has 1 aromatic carbocycles. The first kappa shape index (κ1) is 15.4. The van der Waals surface area contributed by atoms with E-state index in [1.807, 2.05) is 6.08 Å². The van der Waals surface area contributed by atoms with Crippen molar-refractivity contribution in [3.8, 4) is 0 Å². The third-order valence-electron chi connectivity index (χ3n) is 3.61. The molecule has 0 amide bonds. The molecule has 1 unspecified atom stereocenters. The van der Waals surface area contributed by atoms with Gasteiger partial charge >= 0.3 is 5.97 Å². The largest absolute Gasteiger partial charge is 0.484 e. The normalized spacial score (nSPS) is 19.8. The van der Waals surface area contributed by atoms with Gasteiger partial charge in [0.05, 0.1) is 24.1 Å². The van der Waals surface area contributed by atoms with Gasteiger partial charge in [0.15, 0.2) is 0 Å². The van der Waals surface area contributed by atoms with Crippen LogP contribution in [0.15, 0.2) is 54.2 Å². The van der Waals surface area contributed by atoms with E-state index in [0.717, 1.165) is 10.4 Å². The summed E-state index contributed by atoms with van der Waals surface area (Å²) in [5.41, 5.74) is 2.69. The van der Waals surface area contributed by atoms with Crippen molar-refractivity contribution in [2.45, 2.75) is 12.0 Å². The fraction of sp³-hybridized carbons (Fsp3) is 0.176. The molecule has 0 radical (unpaired) electrons. The van der Waals surface area contributed by atoms with Crippen LogP contribution < -0.4 is 0 Å². The van der Waals surface area contributed by atoms with Crippen molar-refractivity contribution >= 4 is 23.1 Å². The molecule has 0 bridgehead atoms. The number of carbonyl (C=O) groups excluding carboxylic acids is 1. The maximum absolute atomic E-state index is 13.1. The molecule has 0 fully saturated rings. The van der Waals surface area contributed by atoms with E-state index < -0.39 is 12.1 Å². The molecule has 2 heterocycles. The first-order valence-electron chi connectivity index (χ1n) is 6.90. The van der Waals surface area contributed by atoms with Crippen LogP contribution >= 0.6 is 11.3 Å². The van der Waals surface area contributed by atoms with E-state index in [1.54, 1.807) is 23.8 Å². The number of nitrogens with zero attached hydrogens (tertiary/aromatic N) is 1. The molecule has 3 rings (SSSR count). The van der Waals surface area contributed by atoms with Gasteiger partial charge in [-0.2, -0.15) is 0 Å². The van der Waals surface area contributed by atoms with E-state index in [2.05, 4.69) is 11.6 Å². The first-order chi connectivity index (χ1) is 11.1. The lowest BCUT2D eigenvalue weighted by Gasteiger charge is -2.19. The van der Waals surface area contributed by atoms with Gasteiger partial charge in [-0.05, 0) is 30.3 Å². The molecular weight excluding hydrogens is 317 g/mol. The van der Waals surface area contributed by atoms with Gasteiger partial charge in [0.25, 0.3) is 0 Å². The number of halogens is 1. The van der Waals surface area contributed by atoms with Crippen molar-refractivity contribution < 1.29 is 18.7 Å². The number of thiazole rings is 1. The number of ether oxygens (including phenoxy) is 2. The maximum Gasteiger partial charge on any atom is 0.336 e. The minimum Gasteiger partial charge on any atom is -0.484 e. The van der Waals surface area contributed by atoms with Crippen molar-refractivity contribution in [1.82, 2.24) is 4.98 Å². The number of benzene rings is 1. The average Bonchev–Trinajstić information content (AvgIpc) is 3.23. The topological polar surface area (TPSA) is 48.4 Å². The first-order valence-corrected chi connectivity index (χ1v) is 7.78. The Balaban J connectivity index is 1.94. The van der Waals surface area contributed by atoms with Gasteiger partial charge in [-0.15, -0.1) is 11.3 Å². The molecule has 1 aromatic heterocycles. The maximum atomic E-state index is 13.1. The Bertz CT molecular complexity index is 753. The van der Waals surface area contributed by atoms with Gasteiger partial charge in [-0.25, -0.2) is 9.18 Å². The highest BCUT2D eigenvalue weighted by Gasteiger charge is 2.37. The molecule has 2 atom stereocenters. The Labute approximate surface area is 136 Å². The predicted octanol–water partition coefficient (Wildman–Crippen LogP) is 3.53. The lowest BCUT2D eigenvalue weighted by molar-refractivity contribution is -0.137. The summed E-state index contributed by atoms with van der Waals surface area (Å²) in [6.45, 7) is 3.80. The van der Waals surface area contributed by atoms with Crippen molar-refractivity contribution in [3.05, 3.63) is 70.5 Å².